The zero-order chi connectivity index (χ0) is 13.8. The van der Waals surface area contributed by atoms with Crippen molar-refractivity contribution in [1.82, 2.24) is 4.90 Å². The second-order valence-electron chi connectivity index (χ2n) is 5.86. The minimum atomic E-state index is -0.946. The van der Waals surface area contributed by atoms with Crippen molar-refractivity contribution in [2.75, 3.05) is 0 Å². The van der Waals surface area contributed by atoms with E-state index >= 15 is 0 Å². The number of imide groups is 1. The molecule has 1 saturated carbocycles. The normalized spacial score (nSPS) is 35.9. The number of likely N-dealkylation sites (tertiary alicyclic amines) is 1. The molecule has 4 unspecified atom stereocenters. The first kappa shape index (κ1) is 12.4. The highest BCUT2D eigenvalue weighted by atomic mass is 16.2. The van der Waals surface area contributed by atoms with E-state index in [1.807, 2.05) is 13.8 Å². The van der Waals surface area contributed by atoms with E-state index in [1.54, 1.807) is 0 Å². The maximum Gasteiger partial charge on any atom is 0.235 e. The number of carbonyl (C=O) groups is 2. The molecule has 2 fully saturated rings. The SMILES string of the molecule is CCC(C#N)(CC)N1C(=O)C2C3C=CC(C3)C2C1=O. The van der Waals surface area contributed by atoms with Gasteiger partial charge < -0.3 is 0 Å². The van der Waals surface area contributed by atoms with E-state index in [4.69, 9.17) is 0 Å². The van der Waals surface area contributed by atoms with Gasteiger partial charge in [0.25, 0.3) is 0 Å². The van der Waals surface area contributed by atoms with Crippen molar-refractivity contribution in [1.29, 1.82) is 5.26 Å². The lowest BCUT2D eigenvalue weighted by atomic mass is 9.85. The fraction of sp³-hybridized carbons (Fsp3) is 0.667. The first-order chi connectivity index (χ1) is 9.09. The average molecular weight is 258 g/mol. The molecule has 19 heavy (non-hydrogen) atoms. The number of nitrogens with zero attached hydrogens (tertiary/aromatic N) is 2. The standard InChI is InChI=1S/C15H18N2O2/c1-3-15(4-2,8-16)17-13(18)11-9-5-6-10(7-9)12(11)14(17)19/h5-6,9-12H,3-4,7H2,1-2H3. The molecule has 0 N–H and O–H groups in total. The molecule has 4 atom stereocenters. The van der Waals surface area contributed by atoms with Crippen LogP contribution >= 0.6 is 0 Å². The first-order valence-electron chi connectivity index (χ1n) is 7.07. The van der Waals surface area contributed by atoms with Gasteiger partial charge in [0.05, 0.1) is 17.9 Å². The Balaban J connectivity index is 2.01. The highest BCUT2D eigenvalue weighted by Gasteiger charge is 2.62. The van der Waals surface area contributed by atoms with Gasteiger partial charge in [-0.05, 0) is 31.1 Å². The van der Waals surface area contributed by atoms with Gasteiger partial charge in [0, 0.05) is 0 Å². The van der Waals surface area contributed by atoms with Gasteiger partial charge >= 0.3 is 0 Å². The van der Waals surface area contributed by atoms with Crippen molar-refractivity contribution in [3.63, 3.8) is 0 Å². The van der Waals surface area contributed by atoms with Gasteiger partial charge in [-0.2, -0.15) is 5.26 Å². The van der Waals surface area contributed by atoms with Crippen LogP contribution in [0.25, 0.3) is 0 Å². The Bertz CT molecular complexity index is 483. The quantitative estimate of drug-likeness (QED) is 0.573. The van der Waals surface area contributed by atoms with Gasteiger partial charge in [-0.3, -0.25) is 14.5 Å². The minimum absolute atomic E-state index is 0.114. The molecule has 2 aliphatic carbocycles. The molecule has 4 heteroatoms. The van der Waals surface area contributed by atoms with Crippen LogP contribution in [0.2, 0.25) is 0 Å². The Morgan fingerprint density at radius 3 is 2.05 bits per heavy atom. The Morgan fingerprint density at radius 2 is 1.68 bits per heavy atom. The molecule has 3 aliphatic rings. The highest BCUT2D eigenvalue weighted by molar-refractivity contribution is 6.07. The van der Waals surface area contributed by atoms with Crippen LogP contribution in [0, 0.1) is 35.0 Å². The van der Waals surface area contributed by atoms with E-state index in [1.165, 1.54) is 4.90 Å². The van der Waals surface area contributed by atoms with Crippen LogP contribution in [-0.4, -0.2) is 22.3 Å². The largest absolute Gasteiger partial charge is 0.274 e. The summed E-state index contributed by atoms with van der Waals surface area (Å²) in [7, 11) is 0. The van der Waals surface area contributed by atoms with Crippen molar-refractivity contribution in [3.8, 4) is 6.07 Å². The monoisotopic (exact) mass is 258 g/mol. The van der Waals surface area contributed by atoms with E-state index in [9.17, 15) is 14.9 Å². The van der Waals surface area contributed by atoms with Crippen LogP contribution in [-0.2, 0) is 9.59 Å². The van der Waals surface area contributed by atoms with Crippen LogP contribution in [0.4, 0.5) is 0 Å². The molecule has 2 amide bonds. The Morgan fingerprint density at radius 1 is 1.21 bits per heavy atom. The molecular weight excluding hydrogens is 240 g/mol. The molecule has 1 heterocycles. The predicted molar refractivity (Wildman–Crippen MR) is 68.5 cm³/mol. The second kappa shape index (κ2) is 3.93. The van der Waals surface area contributed by atoms with Crippen molar-refractivity contribution < 1.29 is 9.59 Å². The van der Waals surface area contributed by atoms with Crippen molar-refractivity contribution >= 4 is 11.8 Å². The summed E-state index contributed by atoms with van der Waals surface area (Å²) in [6.45, 7) is 3.74. The lowest BCUT2D eigenvalue weighted by molar-refractivity contribution is -0.146. The number of amides is 2. The topological polar surface area (TPSA) is 61.2 Å². The summed E-state index contributed by atoms with van der Waals surface area (Å²) in [6.07, 6.45) is 6.08. The maximum atomic E-state index is 12.6. The number of allylic oxidation sites excluding steroid dienone is 2. The molecule has 0 spiro atoms. The van der Waals surface area contributed by atoms with Gasteiger partial charge in [-0.1, -0.05) is 26.0 Å². The number of rotatable bonds is 3. The van der Waals surface area contributed by atoms with Gasteiger partial charge in [0.2, 0.25) is 11.8 Å². The summed E-state index contributed by atoms with van der Waals surface area (Å²) in [4.78, 5) is 26.6. The zero-order valence-electron chi connectivity index (χ0n) is 11.3. The highest BCUT2D eigenvalue weighted by Crippen LogP contribution is 2.54. The maximum absolute atomic E-state index is 12.6. The Kier molecular flexibility index (Phi) is 2.57. The van der Waals surface area contributed by atoms with E-state index in [0.29, 0.717) is 12.8 Å². The number of carbonyl (C=O) groups excluding carboxylic acids is 2. The molecule has 0 aromatic rings. The number of fused-ring (bicyclic) bond motifs is 5. The van der Waals surface area contributed by atoms with E-state index in [-0.39, 0.29) is 35.5 Å². The molecule has 1 saturated heterocycles. The molecule has 4 nitrogen and oxygen atoms in total. The van der Waals surface area contributed by atoms with Crippen LogP contribution in [0.1, 0.15) is 33.1 Å². The summed E-state index contributed by atoms with van der Waals surface area (Å²) in [5.74, 6) is -0.209. The summed E-state index contributed by atoms with van der Waals surface area (Å²) in [6, 6.07) is 2.22. The van der Waals surface area contributed by atoms with E-state index in [2.05, 4.69) is 18.2 Å². The summed E-state index contributed by atoms with van der Waals surface area (Å²) < 4.78 is 0. The van der Waals surface area contributed by atoms with Crippen molar-refractivity contribution in [2.24, 2.45) is 23.7 Å². The number of hydrogen-bond acceptors (Lipinski definition) is 3. The van der Waals surface area contributed by atoms with Gasteiger partial charge in [0.1, 0.15) is 5.54 Å². The van der Waals surface area contributed by atoms with Gasteiger partial charge in [0.15, 0.2) is 0 Å². The second-order valence-corrected chi connectivity index (χ2v) is 5.86. The molecule has 0 aromatic carbocycles. The molecule has 1 aliphatic heterocycles. The summed E-state index contributed by atoms with van der Waals surface area (Å²) in [5.41, 5.74) is -0.946. The van der Waals surface area contributed by atoms with Gasteiger partial charge in [-0.25, -0.2) is 0 Å². The van der Waals surface area contributed by atoms with Crippen molar-refractivity contribution in [3.05, 3.63) is 12.2 Å². The lowest BCUT2D eigenvalue weighted by Gasteiger charge is -2.33. The minimum Gasteiger partial charge on any atom is -0.274 e. The third-order valence-electron chi connectivity index (χ3n) is 5.28. The van der Waals surface area contributed by atoms with E-state index < -0.39 is 5.54 Å². The zero-order valence-corrected chi connectivity index (χ0v) is 11.3. The fourth-order valence-electron chi connectivity index (χ4n) is 4.10. The number of hydrogen-bond donors (Lipinski definition) is 0. The fourth-order valence-corrected chi connectivity index (χ4v) is 4.10. The smallest absolute Gasteiger partial charge is 0.235 e. The molecule has 2 bridgehead atoms. The molecule has 3 rings (SSSR count). The Labute approximate surface area is 113 Å². The van der Waals surface area contributed by atoms with Crippen molar-refractivity contribution in [2.45, 2.75) is 38.6 Å². The number of nitriles is 1. The average Bonchev–Trinajstić information content (AvgIpc) is 3.09. The molecular formula is C15H18N2O2. The molecule has 100 valence electrons. The third kappa shape index (κ3) is 1.33. The van der Waals surface area contributed by atoms with Crippen LogP contribution < -0.4 is 0 Å². The van der Waals surface area contributed by atoms with E-state index in [0.717, 1.165) is 6.42 Å². The van der Waals surface area contributed by atoms with Gasteiger partial charge in [-0.15, -0.1) is 0 Å². The van der Waals surface area contributed by atoms with Crippen LogP contribution in [0.5, 0.6) is 0 Å². The van der Waals surface area contributed by atoms with Crippen LogP contribution in [0.15, 0.2) is 12.2 Å². The summed E-state index contributed by atoms with van der Waals surface area (Å²) in [5, 5.41) is 9.47. The predicted octanol–water partition coefficient (Wildman–Crippen LogP) is 1.88. The first-order valence-corrected chi connectivity index (χ1v) is 7.07. The lowest BCUT2D eigenvalue weighted by Crippen LogP contribution is -2.51. The molecule has 0 aromatic heterocycles. The third-order valence-corrected chi connectivity index (χ3v) is 5.28. The Hall–Kier alpha value is -1.63. The van der Waals surface area contributed by atoms with Crippen LogP contribution in [0.3, 0.4) is 0 Å². The summed E-state index contributed by atoms with van der Waals surface area (Å²) >= 11 is 0. The molecule has 0 radical (unpaired) electrons.